The second-order valence-electron chi connectivity index (χ2n) is 7.80. The zero-order valence-electron chi connectivity index (χ0n) is 18.2. The fourth-order valence-electron chi connectivity index (χ4n) is 4.14. The Hall–Kier alpha value is -3.21. The van der Waals surface area contributed by atoms with Crippen LogP contribution in [0.4, 0.5) is 0 Å². The molecule has 0 spiro atoms. The number of likely N-dealkylation sites (tertiary alicyclic amines) is 1. The molecule has 1 aliphatic rings. The first-order valence-corrected chi connectivity index (χ1v) is 12.1. The molecule has 170 valence electrons. The third-order valence-corrected chi connectivity index (χ3v) is 6.78. The van der Waals surface area contributed by atoms with Gasteiger partial charge in [-0.15, -0.1) is 0 Å². The average Bonchev–Trinajstić information content (AvgIpc) is 3.26. The molecule has 1 fully saturated rings. The van der Waals surface area contributed by atoms with E-state index >= 15 is 0 Å². The Morgan fingerprint density at radius 1 is 1.19 bits per heavy atom. The molecule has 0 radical (unpaired) electrons. The number of benzene rings is 1. The predicted octanol–water partition coefficient (Wildman–Crippen LogP) is 1.49. The topological polar surface area (TPSA) is 116 Å². The van der Waals surface area contributed by atoms with Gasteiger partial charge in [0.05, 0.1) is 32.5 Å². The molecule has 1 aliphatic heterocycles. The molecule has 10 nitrogen and oxygen atoms in total. The number of piperidine rings is 1. The molecule has 2 aromatic heterocycles. The molecule has 0 saturated carbocycles. The van der Waals surface area contributed by atoms with Gasteiger partial charge < -0.3 is 14.4 Å². The number of hydrogen-bond donors (Lipinski definition) is 0. The van der Waals surface area contributed by atoms with Gasteiger partial charge >= 0.3 is 0 Å². The van der Waals surface area contributed by atoms with Gasteiger partial charge in [0.15, 0.2) is 21.3 Å². The van der Waals surface area contributed by atoms with Crippen LogP contribution in [0.2, 0.25) is 0 Å². The zero-order chi connectivity index (χ0) is 22.9. The second-order valence-corrected chi connectivity index (χ2v) is 9.78. The number of hydrogen-bond acceptors (Lipinski definition) is 8. The quantitative estimate of drug-likeness (QED) is 0.544. The highest BCUT2D eigenvalue weighted by molar-refractivity contribution is 7.90. The molecule has 3 aromatic rings. The van der Waals surface area contributed by atoms with Crippen LogP contribution < -0.4 is 9.47 Å². The van der Waals surface area contributed by atoms with Gasteiger partial charge in [-0.1, -0.05) is 6.07 Å². The Bertz CT molecular complexity index is 1260. The van der Waals surface area contributed by atoms with Crippen LogP contribution in [0.15, 0.2) is 35.6 Å². The maximum Gasteiger partial charge on any atom is 0.252 e. The maximum absolute atomic E-state index is 13.1. The Kier molecular flexibility index (Phi) is 6.00. The van der Waals surface area contributed by atoms with Crippen LogP contribution in [0.5, 0.6) is 11.5 Å². The molecule has 11 heteroatoms. The highest BCUT2D eigenvalue weighted by Gasteiger charge is 2.31. The molecule has 3 heterocycles. The second kappa shape index (κ2) is 8.73. The Morgan fingerprint density at radius 3 is 2.69 bits per heavy atom. The summed E-state index contributed by atoms with van der Waals surface area (Å²) in [6, 6.07) is 5.41. The van der Waals surface area contributed by atoms with E-state index in [0.29, 0.717) is 36.1 Å². The molecule has 1 aromatic carbocycles. The van der Waals surface area contributed by atoms with Crippen molar-refractivity contribution in [2.24, 2.45) is 0 Å². The van der Waals surface area contributed by atoms with Crippen LogP contribution >= 0.6 is 0 Å². The van der Waals surface area contributed by atoms with E-state index in [2.05, 4.69) is 15.1 Å². The van der Waals surface area contributed by atoms with Gasteiger partial charge in [-0.2, -0.15) is 14.6 Å². The van der Waals surface area contributed by atoms with E-state index in [-0.39, 0.29) is 23.1 Å². The van der Waals surface area contributed by atoms with Crippen molar-refractivity contribution in [3.63, 3.8) is 0 Å². The minimum Gasteiger partial charge on any atom is -0.493 e. The number of fused-ring (bicyclic) bond motifs is 1. The van der Waals surface area contributed by atoms with Gasteiger partial charge in [-0.05, 0) is 30.5 Å². The summed E-state index contributed by atoms with van der Waals surface area (Å²) in [5, 5.41) is 4.19. The number of nitrogens with zero attached hydrogens (tertiary/aromatic N) is 5. The van der Waals surface area contributed by atoms with Crippen molar-refractivity contribution in [2.45, 2.75) is 30.1 Å². The van der Waals surface area contributed by atoms with Crippen LogP contribution in [0.25, 0.3) is 5.78 Å². The van der Waals surface area contributed by atoms with Crippen LogP contribution in [0.1, 0.15) is 30.0 Å². The van der Waals surface area contributed by atoms with E-state index < -0.39 is 9.84 Å². The first kappa shape index (κ1) is 22.0. The highest BCUT2D eigenvalue weighted by atomic mass is 32.2. The minimum absolute atomic E-state index is 0.0354. The summed E-state index contributed by atoms with van der Waals surface area (Å²) < 4.78 is 36.9. The smallest absolute Gasteiger partial charge is 0.252 e. The van der Waals surface area contributed by atoms with E-state index in [4.69, 9.17) is 9.47 Å². The Balaban J connectivity index is 1.59. The number of methoxy groups -OCH3 is 2. The largest absolute Gasteiger partial charge is 0.493 e. The first-order chi connectivity index (χ1) is 15.3. The zero-order valence-corrected chi connectivity index (χ0v) is 19.0. The van der Waals surface area contributed by atoms with Crippen molar-refractivity contribution in [3.05, 3.63) is 42.0 Å². The number of sulfone groups is 1. The van der Waals surface area contributed by atoms with E-state index in [0.717, 1.165) is 24.7 Å². The van der Waals surface area contributed by atoms with Crippen molar-refractivity contribution in [3.8, 4) is 11.5 Å². The molecule has 0 N–H and O–H groups in total. The average molecular weight is 460 g/mol. The third kappa shape index (κ3) is 4.24. The standard InChI is InChI=1S/C21H25N5O5S/c1-30-16-7-6-14(9-17(16)31-2)10-19(27)25-8-4-5-15(12-25)20-18(32(3,28)29)11-22-21-23-13-24-26(20)21/h6-7,9,11,13,15H,4-5,8,10,12H2,1-3H3/t15-/m0/s1. The molecule has 1 saturated heterocycles. The molecule has 0 aliphatic carbocycles. The fourth-order valence-corrected chi connectivity index (χ4v) is 5.02. The molecule has 1 amide bonds. The van der Waals surface area contributed by atoms with Gasteiger partial charge in [0.2, 0.25) is 5.91 Å². The Morgan fingerprint density at radius 2 is 1.97 bits per heavy atom. The van der Waals surface area contributed by atoms with Crippen molar-refractivity contribution in [1.82, 2.24) is 24.5 Å². The predicted molar refractivity (Wildman–Crippen MR) is 116 cm³/mol. The number of carbonyl (C=O) groups excluding carboxylic acids is 1. The lowest BCUT2D eigenvalue weighted by Crippen LogP contribution is -2.40. The third-order valence-electron chi connectivity index (χ3n) is 5.67. The van der Waals surface area contributed by atoms with Gasteiger partial charge in [0, 0.05) is 25.3 Å². The summed E-state index contributed by atoms with van der Waals surface area (Å²) in [6.07, 6.45) is 5.53. The Labute approximate surface area is 186 Å². The van der Waals surface area contributed by atoms with Crippen molar-refractivity contribution in [1.29, 1.82) is 0 Å². The summed E-state index contributed by atoms with van der Waals surface area (Å²) in [7, 11) is -0.418. The maximum atomic E-state index is 13.1. The monoisotopic (exact) mass is 459 g/mol. The van der Waals surface area contributed by atoms with E-state index in [1.807, 2.05) is 6.07 Å². The highest BCUT2D eigenvalue weighted by Crippen LogP contribution is 2.32. The van der Waals surface area contributed by atoms with Gasteiger partial charge in [-0.25, -0.2) is 13.4 Å². The summed E-state index contributed by atoms with van der Waals surface area (Å²) in [5.41, 5.74) is 1.34. The van der Waals surface area contributed by atoms with Crippen LogP contribution in [-0.2, 0) is 21.1 Å². The number of carbonyl (C=O) groups is 1. The molecule has 1 atom stereocenters. The molecule has 0 unspecified atom stereocenters. The SMILES string of the molecule is COc1ccc(CC(=O)N2CCC[C@H](c3c(S(C)(=O)=O)cnc4ncnn34)C2)cc1OC. The van der Waals surface area contributed by atoms with Crippen molar-refractivity contribution in [2.75, 3.05) is 33.6 Å². The minimum atomic E-state index is -3.53. The molecule has 4 rings (SSSR count). The number of rotatable bonds is 6. The van der Waals surface area contributed by atoms with Crippen LogP contribution in [-0.4, -0.2) is 72.4 Å². The van der Waals surface area contributed by atoms with Crippen molar-refractivity contribution < 1.29 is 22.7 Å². The fraction of sp³-hybridized carbons (Fsp3) is 0.429. The molecular weight excluding hydrogens is 434 g/mol. The number of ether oxygens (including phenoxy) is 2. The molecular formula is C21H25N5O5S. The summed E-state index contributed by atoms with van der Waals surface area (Å²) in [4.78, 5) is 23.2. The normalized spacial score (nSPS) is 16.8. The van der Waals surface area contributed by atoms with Gasteiger partial charge in [0.25, 0.3) is 5.78 Å². The van der Waals surface area contributed by atoms with Crippen LogP contribution in [0, 0.1) is 0 Å². The van der Waals surface area contributed by atoms with Crippen molar-refractivity contribution >= 4 is 21.5 Å². The van der Waals surface area contributed by atoms with Gasteiger partial charge in [0.1, 0.15) is 11.2 Å². The van der Waals surface area contributed by atoms with E-state index in [9.17, 15) is 13.2 Å². The lowest BCUT2D eigenvalue weighted by molar-refractivity contribution is -0.131. The summed E-state index contributed by atoms with van der Waals surface area (Å²) in [5.74, 6) is 1.27. The lowest BCUT2D eigenvalue weighted by Gasteiger charge is -2.33. The summed E-state index contributed by atoms with van der Waals surface area (Å²) in [6.45, 7) is 1.01. The van der Waals surface area contributed by atoms with Crippen LogP contribution in [0.3, 0.4) is 0 Å². The van der Waals surface area contributed by atoms with E-state index in [1.165, 1.54) is 17.0 Å². The number of amides is 1. The molecule has 32 heavy (non-hydrogen) atoms. The summed E-state index contributed by atoms with van der Waals surface area (Å²) >= 11 is 0. The first-order valence-electron chi connectivity index (χ1n) is 10.2. The van der Waals surface area contributed by atoms with Gasteiger partial charge in [-0.3, -0.25) is 4.79 Å². The van der Waals surface area contributed by atoms with E-state index in [1.54, 1.807) is 31.3 Å². The number of aromatic nitrogens is 4. The molecule has 0 bridgehead atoms. The lowest BCUT2D eigenvalue weighted by atomic mass is 9.94.